The predicted octanol–water partition coefficient (Wildman–Crippen LogP) is 6.45. The number of hydrogen-bond acceptors (Lipinski definition) is 10. The van der Waals surface area contributed by atoms with E-state index in [-0.39, 0.29) is 22.8 Å². The summed E-state index contributed by atoms with van der Waals surface area (Å²) in [5, 5.41) is 4.97. The van der Waals surface area contributed by atoms with Gasteiger partial charge in [-0.1, -0.05) is 42.5 Å². The van der Waals surface area contributed by atoms with Crippen LogP contribution in [-0.4, -0.2) is 36.2 Å². The number of pyridine rings is 2. The van der Waals surface area contributed by atoms with E-state index in [1.165, 1.54) is 40.5 Å². The molecule has 14 heteroatoms. The van der Waals surface area contributed by atoms with Crippen molar-refractivity contribution in [2.45, 2.75) is 18.0 Å². The third kappa shape index (κ3) is 8.49. The second kappa shape index (κ2) is 15.8. The maximum Gasteiger partial charge on any atom is 0.255 e. The maximum atomic E-state index is 13.1. The van der Waals surface area contributed by atoms with Crippen LogP contribution in [0.15, 0.2) is 118 Å². The minimum absolute atomic E-state index is 0.129. The lowest BCUT2D eigenvalue weighted by molar-refractivity contribution is -0.160. The fourth-order valence-corrected chi connectivity index (χ4v) is 5.67. The first-order valence-electron chi connectivity index (χ1n) is 15.6. The Labute approximate surface area is 294 Å². The quantitative estimate of drug-likeness (QED) is 0.0775. The number of nitrogens with one attached hydrogen (secondary N) is 1. The number of aromatic nitrogens is 6. The molecule has 0 atom stereocenters. The summed E-state index contributed by atoms with van der Waals surface area (Å²) in [5.74, 6) is -0.172. The van der Waals surface area contributed by atoms with Crippen LogP contribution >= 0.6 is 12.0 Å². The van der Waals surface area contributed by atoms with E-state index in [4.69, 9.17) is 4.33 Å². The highest BCUT2D eigenvalue weighted by Gasteiger charge is 2.12. The molecule has 0 saturated heterocycles. The van der Waals surface area contributed by atoms with Crippen molar-refractivity contribution in [2.75, 3.05) is 12.4 Å². The Morgan fingerprint density at radius 2 is 1.22 bits per heavy atom. The summed E-state index contributed by atoms with van der Waals surface area (Å²) >= 11 is 0.863. The van der Waals surface area contributed by atoms with Crippen LogP contribution in [0, 0.1) is 11.6 Å². The Bertz CT molecular complexity index is 2430. The van der Waals surface area contributed by atoms with Gasteiger partial charge in [0.05, 0.1) is 7.11 Å². The fourth-order valence-electron chi connectivity index (χ4n) is 5.32. The van der Waals surface area contributed by atoms with Gasteiger partial charge in [-0.25, -0.2) is 28.6 Å². The molecule has 0 fully saturated rings. The summed E-state index contributed by atoms with van der Waals surface area (Å²) in [4.78, 5) is 47.0. The largest absolute Gasteiger partial charge is 0.324 e. The third-order valence-corrected chi connectivity index (χ3v) is 8.40. The number of hydrogen-bond donors (Lipinski definition) is 1. The molecule has 0 unspecified atom stereocenters. The normalized spacial score (nSPS) is 11.0. The number of anilines is 2. The highest BCUT2D eigenvalue weighted by Crippen LogP contribution is 2.20. The van der Waals surface area contributed by atoms with Gasteiger partial charge in [-0.05, 0) is 59.7 Å². The van der Waals surface area contributed by atoms with Gasteiger partial charge < -0.3 is 5.32 Å². The van der Waals surface area contributed by atoms with E-state index in [2.05, 4.69) is 30.1 Å². The second-order valence-electron chi connectivity index (χ2n) is 11.4. The molecule has 0 aliphatic rings. The molecular weight excluding hydrogens is 677 g/mol. The number of benzene rings is 3. The summed E-state index contributed by atoms with van der Waals surface area (Å²) in [7, 11) is 4.72. The first kappa shape index (κ1) is 35.0. The Morgan fingerprint density at radius 1 is 0.706 bits per heavy atom. The zero-order valence-corrected chi connectivity index (χ0v) is 28.5. The first-order valence-corrected chi connectivity index (χ1v) is 16.3. The topological polar surface area (TPSA) is 126 Å². The molecule has 0 amide bonds. The van der Waals surface area contributed by atoms with E-state index in [1.54, 1.807) is 62.9 Å². The van der Waals surface area contributed by atoms with E-state index in [0.717, 1.165) is 39.6 Å². The number of halogens is 2. The lowest BCUT2D eigenvalue weighted by Crippen LogP contribution is -2.22. The van der Waals surface area contributed by atoms with Crippen LogP contribution in [0.1, 0.15) is 22.3 Å². The van der Waals surface area contributed by atoms with E-state index >= 15 is 0 Å². The van der Waals surface area contributed by atoms with E-state index in [1.807, 2.05) is 30.3 Å². The zero-order valence-electron chi connectivity index (χ0n) is 27.7. The van der Waals surface area contributed by atoms with Crippen LogP contribution in [-0.2, 0) is 36.2 Å². The van der Waals surface area contributed by atoms with Crippen molar-refractivity contribution in [1.29, 1.82) is 0 Å². The number of aryl methyl sites for hydroxylation is 2. The smallest absolute Gasteiger partial charge is 0.255 e. The van der Waals surface area contributed by atoms with Crippen molar-refractivity contribution in [3.8, 4) is 0 Å². The predicted molar refractivity (Wildman–Crippen MR) is 192 cm³/mol. The van der Waals surface area contributed by atoms with Crippen LogP contribution < -0.4 is 16.4 Å². The maximum absolute atomic E-state index is 13.1. The van der Waals surface area contributed by atoms with Gasteiger partial charge in [-0.2, -0.15) is 9.32 Å². The van der Waals surface area contributed by atoms with Crippen molar-refractivity contribution in [3.63, 3.8) is 0 Å². The average molecular weight is 708 g/mol. The molecular formula is C37H31F2N7O4S. The molecule has 7 aromatic rings. The molecule has 4 aromatic heterocycles. The molecule has 258 valence electrons. The highest BCUT2D eigenvalue weighted by molar-refractivity contribution is 7.94. The van der Waals surface area contributed by atoms with Crippen LogP contribution in [0.3, 0.4) is 0 Å². The zero-order chi connectivity index (χ0) is 35.9. The van der Waals surface area contributed by atoms with Crippen LogP contribution in [0.4, 0.5) is 20.4 Å². The molecule has 0 aliphatic heterocycles. The van der Waals surface area contributed by atoms with Gasteiger partial charge in [-0.15, -0.1) is 0 Å². The van der Waals surface area contributed by atoms with Gasteiger partial charge in [0.25, 0.3) is 11.1 Å². The minimum Gasteiger partial charge on any atom is -0.324 e. The lowest BCUT2D eigenvalue weighted by Gasteiger charge is -2.10. The molecule has 3 aromatic carbocycles. The summed E-state index contributed by atoms with van der Waals surface area (Å²) in [6.45, 7) is 0. The molecule has 0 aliphatic carbocycles. The summed E-state index contributed by atoms with van der Waals surface area (Å²) in [6.07, 6.45) is 4.15. The fraction of sp³-hybridized carbons (Fsp3) is 0.135. The van der Waals surface area contributed by atoms with E-state index in [9.17, 15) is 18.4 Å². The second-order valence-corrected chi connectivity index (χ2v) is 12.1. The van der Waals surface area contributed by atoms with E-state index < -0.39 is 0 Å². The SMILES string of the molecule is COOSc1ncc2cc(Cc3ccc(F)cc3)c(=O)n(C)c2n1.Cn1c(=O)c(Cc2ccc(F)cc2)cc2cnc(Nc3ccccc3)nc21. The van der Waals surface area contributed by atoms with Gasteiger partial charge in [0.2, 0.25) is 11.1 Å². The van der Waals surface area contributed by atoms with E-state index in [0.29, 0.717) is 46.4 Å². The monoisotopic (exact) mass is 707 g/mol. The number of rotatable bonds is 9. The number of fused-ring (bicyclic) bond motifs is 2. The Balaban J connectivity index is 0.000000177. The average Bonchev–Trinajstić information content (AvgIpc) is 3.14. The summed E-state index contributed by atoms with van der Waals surface area (Å²) in [6, 6.07) is 25.4. The Kier molecular flexibility index (Phi) is 10.8. The van der Waals surface area contributed by atoms with Crippen LogP contribution in [0.2, 0.25) is 0 Å². The van der Waals surface area contributed by atoms with Crippen molar-refractivity contribution in [3.05, 3.63) is 158 Å². The lowest BCUT2D eigenvalue weighted by atomic mass is 10.1. The van der Waals surface area contributed by atoms with Gasteiger partial charge in [0.15, 0.2) is 0 Å². The van der Waals surface area contributed by atoms with Crippen molar-refractivity contribution in [1.82, 2.24) is 29.1 Å². The number of para-hydroxylation sites is 1. The summed E-state index contributed by atoms with van der Waals surface area (Å²) < 4.78 is 33.8. The standard InChI is InChI=1S/C21H17FN4O.C16H14FN3O3S/c1-26-19-16(13-23-21(25-19)24-18-5-3-2-4-6-18)12-15(20(26)27)11-14-7-9-17(22)10-8-14;1-20-14-12(9-18-16(19-14)24-23-22-2)8-11(15(20)21)7-10-3-5-13(17)6-4-10/h2-10,12-13H,11H2,1H3,(H,23,24,25);3-6,8-9H,7H2,1-2H3. The Hall–Kier alpha value is -5.83. The minimum atomic E-state index is -0.304. The molecule has 11 nitrogen and oxygen atoms in total. The van der Waals surface area contributed by atoms with Crippen LogP contribution in [0.25, 0.3) is 22.1 Å². The molecule has 7 rings (SSSR count). The van der Waals surface area contributed by atoms with Gasteiger partial charge in [0, 0.05) is 66.9 Å². The first-order chi connectivity index (χ1) is 24.7. The van der Waals surface area contributed by atoms with Crippen LogP contribution in [0.5, 0.6) is 0 Å². The van der Waals surface area contributed by atoms with Crippen molar-refractivity contribution >= 4 is 45.7 Å². The van der Waals surface area contributed by atoms with Gasteiger partial charge in [0.1, 0.15) is 35.0 Å². The van der Waals surface area contributed by atoms with Gasteiger partial charge in [-0.3, -0.25) is 18.7 Å². The summed E-state index contributed by atoms with van der Waals surface area (Å²) in [5.41, 5.74) is 4.57. The molecule has 4 heterocycles. The van der Waals surface area contributed by atoms with Crippen molar-refractivity contribution < 1.29 is 18.0 Å². The Morgan fingerprint density at radius 3 is 1.75 bits per heavy atom. The molecule has 0 saturated carbocycles. The van der Waals surface area contributed by atoms with Gasteiger partial charge >= 0.3 is 0 Å². The molecule has 0 bridgehead atoms. The van der Waals surface area contributed by atoms with Crippen molar-refractivity contribution in [2.24, 2.45) is 14.1 Å². The highest BCUT2D eigenvalue weighted by atomic mass is 32.2. The molecule has 1 N–H and O–H groups in total. The molecule has 51 heavy (non-hydrogen) atoms. The third-order valence-electron chi connectivity index (χ3n) is 7.85. The molecule has 0 spiro atoms. The number of nitrogens with zero attached hydrogens (tertiary/aromatic N) is 6. The molecule has 0 radical (unpaired) electrons.